The second-order valence-electron chi connectivity index (χ2n) is 5.18. The van der Waals surface area contributed by atoms with Crippen molar-refractivity contribution in [1.29, 1.82) is 0 Å². The van der Waals surface area contributed by atoms with Crippen LogP contribution in [0.15, 0.2) is 18.2 Å². The van der Waals surface area contributed by atoms with E-state index < -0.39 is 0 Å². The van der Waals surface area contributed by atoms with Crippen molar-refractivity contribution in [1.82, 2.24) is 4.90 Å². The molecule has 0 fully saturated rings. The van der Waals surface area contributed by atoms with E-state index in [1.54, 1.807) is 18.2 Å². The standard InChI is InChI=1S/C16H23Cl2NO2/c1-5-11(3)19(12(4)6-2)16(20)10-21-15-8-7-13(17)9-14(15)18/h7-9,11-12H,5-6,10H2,1-4H3. The van der Waals surface area contributed by atoms with Gasteiger partial charge in [-0.3, -0.25) is 4.79 Å². The molecule has 0 spiro atoms. The Hall–Kier alpha value is -0.930. The van der Waals surface area contributed by atoms with Gasteiger partial charge in [-0.05, 0) is 44.9 Å². The van der Waals surface area contributed by atoms with Gasteiger partial charge >= 0.3 is 0 Å². The summed E-state index contributed by atoms with van der Waals surface area (Å²) in [4.78, 5) is 14.3. The molecule has 0 radical (unpaired) electrons. The van der Waals surface area contributed by atoms with Gasteiger partial charge < -0.3 is 9.64 Å². The topological polar surface area (TPSA) is 29.5 Å². The fourth-order valence-electron chi connectivity index (χ4n) is 2.13. The zero-order valence-electron chi connectivity index (χ0n) is 13.0. The fourth-order valence-corrected chi connectivity index (χ4v) is 2.59. The average Bonchev–Trinajstić information content (AvgIpc) is 2.46. The molecule has 0 bridgehead atoms. The molecule has 1 aromatic carbocycles. The van der Waals surface area contributed by atoms with Crippen molar-refractivity contribution in [3.63, 3.8) is 0 Å². The number of carbonyl (C=O) groups is 1. The molecule has 0 aliphatic carbocycles. The van der Waals surface area contributed by atoms with Crippen LogP contribution in [0, 0.1) is 0 Å². The van der Waals surface area contributed by atoms with E-state index in [1.807, 2.05) is 4.90 Å². The van der Waals surface area contributed by atoms with Crippen LogP contribution < -0.4 is 4.74 Å². The second-order valence-corrected chi connectivity index (χ2v) is 6.02. The maximum Gasteiger partial charge on any atom is 0.260 e. The van der Waals surface area contributed by atoms with E-state index in [9.17, 15) is 4.79 Å². The van der Waals surface area contributed by atoms with E-state index in [0.717, 1.165) is 12.8 Å². The molecule has 1 aromatic rings. The summed E-state index contributed by atoms with van der Waals surface area (Å²) in [6.07, 6.45) is 1.83. The molecule has 21 heavy (non-hydrogen) atoms. The van der Waals surface area contributed by atoms with Gasteiger partial charge in [0.05, 0.1) is 5.02 Å². The molecule has 1 amide bonds. The van der Waals surface area contributed by atoms with Crippen LogP contribution in [0.1, 0.15) is 40.5 Å². The first-order valence-corrected chi connectivity index (χ1v) is 8.05. The number of rotatable bonds is 7. The van der Waals surface area contributed by atoms with Crippen LogP contribution in [0.25, 0.3) is 0 Å². The summed E-state index contributed by atoms with van der Waals surface area (Å²) in [7, 11) is 0. The molecule has 0 aliphatic heterocycles. The Morgan fingerprint density at radius 2 is 1.76 bits per heavy atom. The van der Waals surface area contributed by atoms with Crippen LogP contribution >= 0.6 is 23.2 Å². The summed E-state index contributed by atoms with van der Waals surface area (Å²) >= 11 is 11.9. The van der Waals surface area contributed by atoms with Gasteiger partial charge in [-0.25, -0.2) is 0 Å². The number of amides is 1. The predicted octanol–water partition coefficient (Wildman–Crippen LogP) is 4.80. The van der Waals surface area contributed by atoms with Gasteiger partial charge in [0.15, 0.2) is 6.61 Å². The Morgan fingerprint density at radius 3 is 2.24 bits per heavy atom. The molecule has 5 heteroatoms. The van der Waals surface area contributed by atoms with Crippen molar-refractivity contribution < 1.29 is 9.53 Å². The Balaban J connectivity index is 2.73. The molecule has 0 saturated carbocycles. The normalized spacial score (nSPS) is 13.6. The van der Waals surface area contributed by atoms with Crippen molar-refractivity contribution in [2.24, 2.45) is 0 Å². The third kappa shape index (κ3) is 5.08. The number of carbonyl (C=O) groups excluding carboxylic acids is 1. The highest BCUT2D eigenvalue weighted by Gasteiger charge is 2.23. The molecule has 118 valence electrons. The third-order valence-electron chi connectivity index (χ3n) is 3.66. The quantitative estimate of drug-likeness (QED) is 0.718. The van der Waals surface area contributed by atoms with E-state index in [2.05, 4.69) is 27.7 Å². The van der Waals surface area contributed by atoms with Crippen LogP contribution in [-0.2, 0) is 4.79 Å². The van der Waals surface area contributed by atoms with Gasteiger partial charge in [0, 0.05) is 17.1 Å². The van der Waals surface area contributed by atoms with Crippen LogP contribution in [0.2, 0.25) is 10.0 Å². The first kappa shape index (κ1) is 18.1. The maximum atomic E-state index is 12.4. The Labute approximate surface area is 137 Å². The van der Waals surface area contributed by atoms with Gasteiger partial charge in [-0.2, -0.15) is 0 Å². The predicted molar refractivity (Wildman–Crippen MR) is 88.3 cm³/mol. The molecule has 0 aliphatic rings. The molecule has 0 aromatic heterocycles. The highest BCUT2D eigenvalue weighted by atomic mass is 35.5. The van der Waals surface area contributed by atoms with E-state index in [0.29, 0.717) is 15.8 Å². The lowest BCUT2D eigenvalue weighted by Crippen LogP contribution is -2.46. The smallest absolute Gasteiger partial charge is 0.260 e. The highest BCUT2D eigenvalue weighted by molar-refractivity contribution is 6.35. The van der Waals surface area contributed by atoms with Gasteiger partial charge in [0.25, 0.3) is 5.91 Å². The first-order chi connectivity index (χ1) is 9.90. The van der Waals surface area contributed by atoms with Crippen LogP contribution in [-0.4, -0.2) is 29.5 Å². The summed E-state index contributed by atoms with van der Waals surface area (Å²) in [5, 5.41) is 0.952. The van der Waals surface area contributed by atoms with Crippen molar-refractivity contribution in [3.8, 4) is 5.75 Å². The molecule has 1 rings (SSSR count). The summed E-state index contributed by atoms with van der Waals surface area (Å²) < 4.78 is 5.54. The second kappa shape index (κ2) is 8.50. The number of hydrogen-bond donors (Lipinski definition) is 0. The lowest BCUT2D eigenvalue weighted by atomic mass is 10.1. The van der Waals surface area contributed by atoms with Crippen molar-refractivity contribution in [2.75, 3.05) is 6.61 Å². The summed E-state index contributed by atoms with van der Waals surface area (Å²) in [6, 6.07) is 5.35. The van der Waals surface area contributed by atoms with E-state index in [1.165, 1.54) is 0 Å². The third-order valence-corrected chi connectivity index (χ3v) is 4.19. The Kier molecular flexibility index (Phi) is 7.33. The molecule has 0 saturated heterocycles. The monoisotopic (exact) mass is 331 g/mol. The summed E-state index contributed by atoms with van der Waals surface area (Å²) in [5.74, 6) is 0.451. The maximum absolute atomic E-state index is 12.4. The Morgan fingerprint density at radius 1 is 1.19 bits per heavy atom. The Bertz CT molecular complexity index is 469. The van der Waals surface area contributed by atoms with E-state index >= 15 is 0 Å². The number of hydrogen-bond acceptors (Lipinski definition) is 2. The molecule has 0 N–H and O–H groups in total. The zero-order valence-corrected chi connectivity index (χ0v) is 14.5. The van der Waals surface area contributed by atoms with Crippen LogP contribution in [0.4, 0.5) is 0 Å². The minimum Gasteiger partial charge on any atom is -0.482 e. The molecule has 0 heterocycles. The van der Waals surface area contributed by atoms with Crippen molar-refractivity contribution in [3.05, 3.63) is 28.2 Å². The largest absolute Gasteiger partial charge is 0.482 e. The summed E-state index contributed by atoms with van der Waals surface area (Å²) in [5.41, 5.74) is 0. The van der Waals surface area contributed by atoms with Crippen molar-refractivity contribution >= 4 is 29.1 Å². The lowest BCUT2D eigenvalue weighted by Gasteiger charge is -2.33. The van der Waals surface area contributed by atoms with Crippen LogP contribution in [0.5, 0.6) is 5.75 Å². The summed E-state index contributed by atoms with van der Waals surface area (Å²) in [6.45, 7) is 8.24. The van der Waals surface area contributed by atoms with E-state index in [4.69, 9.17) is 27.9 Å². The van der Waals surface area contributed by atoms with Crippen LogP contribution in [0.3, 0.4) is 0 Å². The van der Waals surface area contributed by atoms with Gasteiger partial charge in [-0.15, -0.1) is 0 Å². The molecule has 2 unspecified atom stereocenters. The first-order valence-electron chi connectivity index (χ1n) is 7.29. The lowest BCUT2D eigenvalue weighted by molar-refractivity contribution is -0.137. The molecular weight excluding hydrogens is 309 g/mol. The van der Waals surface area contributed by atoms with Gasteiger partial charge in [0.2, 0.25) is 0 Å². The van der Waals surface area contributed by atoms with Crippen molar-refractivity contribution in [2.45, 2.75) is 52.6 Å². The minimum absolute atomic E-state index is 0.0178. The number of ether oxygens (including phenoxy) is 1. The van der Waals surface area contributed by atoms with Gasteiger partial charge in [-0.1, -0.05) is 37.0 Å². The molecule has 3 nitrogen and oxygen atoms in total. The van der Waals surface area contributed by atoms with Gasteiger partial charge in [0.1, 0.15) is 5.75 Å². The SMILES string of the molecule is CCC(C)N(C(=O)COc1ccc(Cl)cc1Cl)C(C)CC. The minimum atomic E-state index is -0.0234. The fraction of sp³-hybridized carbons (Fsp3) is 0.562. The number of halogens is 2. The molecule has 2 atom stereocenters. The average molecular weight is 332 g/mol. The highest BCUT2D eigenvalue weighted by Crippen LogP contribution is 2.27. The number of nitrogens with zero attached hydrogens (tertiary/aromatic N) is 1. The molecular formula is C16H23Cl2NO2. The zero-order chi connectivity index (χ0) is 16.0. The van der Waals surface area contributed by atoms with E-state index in [-0.39, 0.29) is 24.6 Å². The number of benzene rings is 1.